The molecular formula is C24H32N4O5S. The number of carbonyl (C=O) groups is 3. The van der Waals surface area contributed by atoms with Crippen LogP contribution in [-0.4, -0.2) is 62.6 Å². The highest BCUT2D eigenvalue weighted by atomic mass is 32.1. The summed E-state index contributed by atoms with van der Waals surface area (Å²) in [5.41, 5.74) is 3.41. The molecule has 4 N–H and O–H groups in total. The zero-order valence-corrected chi connectivity index (χ0v) is 20.9. The van der Waals surface area contributed by atoms with Gasteiger partial charge in [-0.15, -0.1) is 11.3 Å². The standard InChI is InChI=1S/C24H32N4O5S/c1-13-20(34-12-26-13)15-6-7-16(19(31)8-15)10-25-22(32)18-9-17(30)11-28(18)23(33)21(24(3,4)5)27-14(2)29/h6-8,12,17-18,21,30-31H,9-11H2,1-5H3,(H,25,32)(H,27,29)/t17-,18+,21-/m0/s1. The van der Waals surface area contributed by atoms with Crippen molar-refractivity contribution in [3.63, 3.8) is 0 Å². The first-order valence-corrected chi connectivity index (χ1v) is 12.0. The zero-order chi connectivity index (χ0) is 25.2. The van der Waals surface area contributed by atoms with Crippen LogP contribution in [0.25, 0.3) is 10.4 Å². The third-order valence-electron chi connectivity index (χ3n) is 5.87. The highest BCUT2D eigenvalue weighted by Crippen LogP contribution is 2.31. The highest BCUT2D eigenvalue weighted by molar-refractivity contribution is 7.13. The van der Waals surface area contributed by atoms with Gasteiger partial charge in [0.1, 0.15) is 17.8 Å². The van der Waals surface area contributed by atoms with Crippen molar-refractivity contribution in [2.45, 2.75) is 65.8 Å². The van der Waals surface area contributed by atoms with Crippen LogP contribution in [-0.2, 0) is 20.9 Å². The molecule has 1 aromatic carbocycles. The largest absolute Gasteiger partial charge is 0.508 e. The maximum absolute atomic E-state index is 13.3. The third kappa shape index (κ3) is 5.74. The molecule has 3 rings (SSSR count). The normalized spacial score (nSPS) is 19.1. The molecule has 2 aromatic rings. The van der Waals surface area contributed by atoms with E-state index >= 15 is 0 Å². The van der Waals surface area contributed by atoms with Crippen molar-refractivity contribution in [3.05, 3.63) is 35.0 Å². The summed E-state index contributed by atoms with van der Waals surface area (Å²) in [5.74, 6) is -1.14. The van der Waals surface area contributed by atoms with Crippen molar-refractivity contribution in [1.82, 2.24) is 20.5 Å². The quantitative estimate of drug-likeness (QED) is 0.491. The molecule has 3 atom stereocenters. The van der Waals surface area contributed by atoms with Crippen molar-refractivity contribution < 1.29 is 24.6 Å². The Morgan fingerprint density at radius 2 is 2.00 bits per heavy atom. The van der Waals surface area contributed by atoms with Crippen molar-refractivity contribution >= 4 is 29.1 Å². The number of carbonyl (C=O) groups excluding carboxylic acids is 3. The smallest absolute Gasteiger partial charge is 0.246 e. The van der Waals surface area contributed by atoms with Crippen molar-refractivity contribution in [1.29, 1.82) is 0 Å². The fraction of sp³-hybridized carbons (Fsp3) is 0.500. The summed E-state index contributed by atoms with van der Waals surface area (Å²) in [6.07, 6.45) is -0.739. The fourth-order valence-corrected chi connectivity index (χ4v) is 4.86. The van der Waals surface area contributed by atoms with Gasteiger partial charge in [-0.3, -0.25) is 14.4 Å². The number of phenols is 1. The van der Waals surface area contributed by atoms with Crippen LogP contribution in [0.1, 0.15) is 45.4 Å². The lowest BCUT2D eigenvalue weighted by Crippen LogP contribution is -2.57. The number of likely N-dealkylation sites (tertiary alicyclic amines) is 1. The number of aryl methyl sites for hydroxylation is 1. The lowest BCUT2D eigenvalue weighted by molar-refractivity contribution is -0.143. The Kier molecular flexibility index (Phi) is 7.62. The number of amides is 3. The average molecular weight is 489 g/mol. The predicted molar refractivity (Wildman–Crippen MR) is 129 cm³/mol. The van der Waals surface area contributed by atoms with E-state index in [1.165, 1.54) is 23.2 Å². The Balaban J connectivity index is 1.71. The van der Waals surface area contributed by atoms with E-state index in [0.717, 1.165) is 16.1 Å². The lowest BCUT2D eigenvalue weighted by Gasteiger charge is -2.35. The summed E-state index contributed by atoms with van der Waals surface area (Å²) in [6.45, 7) is 8.79. The molecule has 0 unspecified atom stereocenters. The minimum atomic E-state index is -0.873. The summed E-state index contributed by atoms with van der Waals surface area (Å²) in [4.78, 5) is 44.5. The second kappa shape index (κ2) is 10.1. The minimum absolute atomic E-state index is 0.0111. The number of aliphatic hydroxyl groups is 1. The van der Waals surface area contributed by atoms with Crippen molar-refractivity contribution in [2.24, 2.45) is 5.41 Å². The van der Waals surface area contributed by atoms with Gasteiger partial charge < -0.3 is 25.7 Å². The van der Waals surface area contributed by atoms with Crippen LogP contribution in [0, 0.1) is 12.3 Å². The first-order valence-electron chi connectivity index (χ1n) is 11.1. The SMILES string of the molecule is CC(=O)N[C@@H](C(=O)N1C[C@@H](O)C[C@@H]1C(=O)NCc1ccc(-c2scnc2C)cc1O)C(C)(C)C. The van der Waals surface area contributed by atoms with Crippen LogP contribution in [0.5, 0.6) is 5.75 Å². The Labute approximate surface area is 203 Å². The maximum atomic E-state index is 13.3. The highest BCUT2D eigenvalue weighted by Gasteiger charge is 2.44. The number of aliphatic hydroxyl groups excluding tert-OH is 1. The Bertz CT molecular complexity index is 1080. The Morgan fingerprint density at radius 1 is 1.29 bits per heavy atom. The van der Waals surface area contributed by atoms with E-state index in [2.05, 4.69) is 15.6 Å². The molecule has 1 fully saturated rings. The zero-order valence-electron chi connectivity index (χ0n) is 20.1. The van der Waals surface area contributed by atoms with Gasteiger partial charge in [0.25, 0.3) is 0 Å². The lowest BCUT2D eigenvalue weighted by atomic mass is 9.85. The molecule has 0 bridgehead atoms. The number of benzene rings is 1. The van der Waals surface area contributed by atoms with E-state index in [0.29, 0.717) is 5.56 Å². The number of nitrogens with one attached hydrogen (secondary N) is 2. The van der Waals surface area contributed by atoms with Gasteiger partial charge in [-0.25, -0.2) is 4.98 Å². The summed E-state index contributed by atoms with van der Waals surface area (Å²) in [5, 5.41) is 26.1. The number of rotatable bonds is 6. The number of hydrogen-bond acceptors (Lipinski definition) is 7. The first-order chi connectivity index (χ1) is 15.9. The Hall–Kier alpha value is -2.98. The van der Waals surface area contributed by atoms with Crippen LogP contribution in [0.3, 0.4) is 0 Å². The third-order valence-corrected chi connectivity index (χ3v) is 6.85. The molecule has 0 radical (unpaired) electrons. The molecule has 1 aliphatic heterocycles. The molecule has 10 heteroatoms. The number of aromatic hydroxyl groups is 1. The molecule has 9 nitrogen and oxygen atoms in total. The number of phenolic OH excluding ortho intramolecular Hbond substituents is 1. The Morgan fingerprint density at radius 3 is 2.56 bits per heavy atom. The molecule has 0 aliphatic carbocycles. The van der Waals surface area contributed by atoms with Gasteiger partial charge in [-0.05, 0) is 24.0 Å². The molecule has 0 spiro atoms. The molecule has 2 heterocycles. The van der Waals surface area contributed by atoms with E-state index in [4.69, 9.17) is 0 Å². The molecular weight excluding hydrogens is 456 g/mol. The summed E-state index contributed by atoms with van der Waals surface area (Å²) >= 11 is 1.48. The molecule has 1 saturated heterocycles. The van der Waals surface area contributed by atoms with Gasteiger partial charge in [-0.1, -0.05) is 32.9 Å². The molecule has 3 amide bonds. The molecule has 184 valence electrons. The monoisotopic (exact) mass is 488 g/mol. The maximum Gasteiger partial charge on any atom is 0.246 e. The summed E-state index contributed by atoms with van der Waals surface area (Å²) < 4.78 is 0. The van der Waals surface area contributed by atoms with E-state index in [1.807, 2.05) is 33.8 Å². The van der Waals surface area contributed by atoms with Gasteiger partial charge in [0.2, 0.25) is 17.7 Å². The van der Waals surface area contributed by atoms with Gasteiger partial charge in [-0.2, -0.15) is 0 Å². The second-order valence-electron chi connectivity index (χ2n) is 9.72. The molecule has 1 aliphatic rings. The number of nitrogens with zero attached hydrogens (tertiary/aromatic N) is 2. The second-order valence-corrected chi connectivity index (χ2v) is 10.6. The molecule has 1 aromatic heterocycles. The number of hydrogen-bond donors (Lipinski definition) is 4. The number of thiazole rings is 1. The van der Waals surface area contributed by atoms with Gasteiger partial charge >= 0.3 is 0 Å². The van der Waals surface area contributed by atoms with Gasteiger partial charge in [0, 0.05) is 32.0 Å². The van der Waals surface area contributed by atoms with E-state index in [9.17, 15) is 24.6 Å². The van der Waals surface area contributed by atoms with Gasteiger partial charge in [0.15, 0.2) is 0 Å². The average Bonchev–Trinajstić information content (AvgIpc) is 3.35. The van der Waals surface area contributed by atoms with E-state index in [-0.39, 0.29) is 31.2 Å². The fourth-order valence-electron chi connectivity index (χ4n) is 4.06. The van der Waals surface area contributed by atoms with Crippen LogP contribution < -0.4 is 10.6 Å². The predicted octanol–water partition coefficient (Wildman–Crippen LogP) is 1.95. The van der Waals surface area contributed by atoms with Gasteiger partial charge in [0.05, 0.1) is 22.2 Å². The van der Waals surface area contributed by atoms with Crippen molar-refractivity contribution in [2.75, 3.05) is 6.54 Å². The number of β-amino-alcohol motifs (C(OH)–C–C–N with tert-alkyl or cyclic N) is 1. The van der Waals surface area contributed by atoms with Crippen molar-refractivity contribution in [3.8, 4) is 16.2 Å². The summed E-state index contributed by atoms with van der Waals surface area (Å²) in [7, 11) is 0. The molecule has 34 heavy (non-hydrogen) atoms. The van der Waals surface area contributed by atoms with E-state index in [1.54, 1.807) is 17.6 Å². The topological polar surface area (TPSA) is 132 Å². The van der Waals surface area contributed by atoms with Crippen LogP contribution >= 0.6 is 11.3 Å². The number of aromatic nitrogens is 1. The van der Waals surface area contributed by atoms with Crippen LogP contribution in [0.2, 0.25) is 0 Å². The first kappa shape index (κ1) is 25.6. The molecule has 0 saturated carbocycles. The van der Waals surface area contributed by atoms with E-state index < -0.39 is 35.4 Å². The van der Waals surface area contributed by atoms with Crippen LogP contribution in [0.4, 0.5) is 0 Å². The minimum Gasteiger partial charge on any atom is -0.508 e. The van der Waals surface area contributed by atoms with Crippen LogP contribution in [0.15, 0.2) is 23.7 Å². The summed E-state index contributed by atoms with van der Waals surface area (Å²) in [6, 6.07) is 3.53.